The highest BCUT2D eigenvalue weighted by Gasteiger charge is 2.35. The molecule has 2 aromatic heterocycles. The second kappa shape index (κ2) is 14.8. The van der Waals surface area contributed by atoms with Crippen LogP contribution in [-0.2, 0) is 5.41 Å². The fourth-order valence-electron chi connectivity index (χ4n) is 10.7. The molecule has 0 atom stereocenters. The number of anilines is 3. The van der Waals surface area contributed by atoms with Crippen LogP contribution >= 0.6 is 0 Å². The zero-order chi connectivity index (χ0) is 43.9. The van der Waals surface area contributed by atoms with Crippen LogP contribution in [0.2, 0.25) is 0 Å². The summed E-state index contributed by atoms with van der Waals surface area (Å²) >= 11 is 0. The number of hydrogen-bond acceptors (Lipinski definition) is 3. The first-order valence-electron chi connectivity index (χ1n) is 22.7. The molecule has 0 amide bonds. The van der Waals surface area contributed by atoms with E-state index in [0.717, 1.165) is 88.8 Å². The van der Waals surface area contributed by atoms with Gasteiger partial charge in [0.05, 0.1) is 5.69 Å². The highest BCUT2D eigenvalue weighted by atomic mass is 16.3. The lowest BCUT2D eigenvalue weighted by molar-refractivity contribution is 0.660. The zero-order valence-electron chi connectivity index (χ0n) is 36.6. The minimum atomic E-state index is -0.0598. The van der Waals surface area contributed by atoms with Crippen molar-refractivity contribution in [3.05, 3.63) is 236 Å². The lowest BCUT2D eigenvalue weighted by Gasteiger charge is -2.29. The summed E-state index contributed by atoms with van der Waals surface area (Å²) in [5, 5.41) is 4.48. The largest absolute Gasteiger partial charge is 0.455 e. The highest BCUT2D eigenvalue weighted by molar-refractivity contribution is 6.11. The van der Waals surface area contributed by atoms with Gasteiger partial charge in [-0.3, -0.25) is 0 Å². The maximum absolute atomic E-state index is 6.58. The Labute approximate surface area is 383 Å². The van der Waals surface area contributed by atoms with Crippen LogP contribution in [-0.4, -0.2) is 0 Å². The van der Waals surface area contributed by atoms with Crippen molar-refractivity contribution >= 4 is 60.9 Å². The fourth-order valence-corrected chi connectivity index (χ4v) is 10.7. The SMILES string of the molecule is CC1(C)c2ccccc2-c2cc(-c3ccccc3-c3ccccc3N(c3ccc(-c4cccc5c4oc4ccccc45)cc3)c3cccc(-c4cccc5c4oc4ccccc45)c3)ccc21. The second-order valence-electron chi connectivity index (χ2n) is 18.0. The molecular weight excluding hydrogens is 803 g/mol. The van der Waals surface area contributed by atoms with Crippen LogP contribution in [0.25, 0.3) is 99.5 Å². The maximum atomic E-state index is 6.58. The van der Waals surface area contributed by atoms with Gasteiger partial charge >= 0.3 is 0 Å². The molecule has 1 aliphatic carbocycles. The first kappa shape index (κ1) is 38.1. The van der Waals surface area contributed by atoms with Crippen LogP contribution in [0.5, 0.6) is 0 Å². The minimum Gasteiger partial charge on any atom is -0.455 e. The van der Waals surface area contributed by atoms with E-state index in [-0.39, 0.29) is 5.41 Å². The lowest BCUT2D eigenvalue weighted by Crippen LogP contribution is -2.14. The van der Waals surface area contributed by atoms with E-state index in [9.17, 15) is 0 Å². The Morgan fingerprint density at radius 1 is 0.318 bits per heavy atom. The standard InChI is InChI=1S/C63H43NO2/c1-63(2)56-28-9-5-20-49(56)55-39-42(34-37-57(55)63)45-18-3-4-19-48(45)50-21-6-10-29-58(50)64(43-35-32-40(33-36-43)46-24-14-26-53-51-22-7-11-30-59(51)65-61(46)53)44-17-13-16-41(38-44)47-25-15-27-54-52-23-8-12-31-60(52)66-62(47)54/h3-39H,1-2H3. The van der Waals surface area contributed by atoms with Crippen LogP contribution < -0.4 is 4.90 Å². The number of nitrogens with zero attached hydrogens (tertiary/aromatic N) is 1. The molecule has 1 aliphatic rings. The average Bonchev–Trinajstić information content (AvgIpc) is 4.02. The summed E-state index contributed by atoms with van der Waals surface area (Å²) in [6.45, 7) is 4.68. The summed E-state index contributed by atoms with van der Waals surface area (Å²) in [7, 11) is 0. The van der Waals surface area contributed by atoms with E-state index in [1.807, 2.05) is 24.3 Å². The average molecular weight is 846 g/mol. The van der Waals surface area contributed by atoms with Crippen LogP contribution in [0, 0.1) is 0 Å². The Bertz CT molecular complexity index is 3870. The van der Waals surface area contributed by atoms with E-state index in [1.165, 1.54) is 38.9 Å². The van der Waals surface area contributed by atoms with Gasteiger partial charge in [0.2, 0.25) is 0 Å². The minimum absolute atomic E-state index is 0.0598. The van der Waals surface area contributed by atoms with E-state index < -0.39 is 0 Å². The van der Waals surface area contributed by atoms with Crippen molar-refractivity contribution in [3.8, 4) is 55.6 Å². The van der Waals surface area contributed by atoms with Crippen molar-refractivity contribution in [2.75, 3.05) is 4.90 Å². The second-order valence-corrected chi connectivity index (χ2v) is 18.0. The van der Waals surface area contributed by atoms with Crippen molar-refractivity contribution in [1.82, 2.24) is 0 Å². The lowest BCUT2D eigenvalue weighted by atomic mass is 9.82. The number of para-hydroxylation sites is 5. The molecule has 0 bridgehead atoms. The molecule has 66 heavy (non-hydrogen) atoms. The van der Waals surface area contributed by atoms with Gasteiger partial charge in [-0.2, -0.15) is 0 Å². The van der Waals surface area contributed by atoms with E-state index in [4.69, 9.17) is 8.83 Å². The third kappa shape index (κ3) is 5.90. The summed E-state index contributed by atoms with van der Waals surface area (Å²) < 4.78 is 13.1. The molecule has 0 saturated carbocycles. The summed E-state index contributed by atoms with van der Waals surface area (Å²) in [5.74, 6) is 0. The molecule has 3 heteroatoms. The molecule has 0 unspecified atom stereocenters. The Morgan fingerprint density at radius 3 is 1.53 bits per heavy atom. The number of furan rings is 2. The topological polar surface area (TPSA) is 29.5 Å². The molecule has 2 heterocycles. The van der Waals surface area contributed by atoms with Crippen LogP contribution in [0.3, 0.4) is 0 Å². The van der Waals surface area contributed by atoms with Gasteiger partial charge in [0.1, 0.15) is 22.3 Å². The Balaban J connectivity index is 0.982. The monoisotopic (exact) mass is 845 g/mol. The molecule has 0 spiro atoms. The van der Waals surface area contributed by atoms with E-state index in [1.54, 1.807) is 0 Å². The van der Waals surface area contributed by atoms with Gasteiger partial charge in [0.15, 0.2) is 0 Å². The highest BCUT2D eigenvalue weighted by Crippen LogP contribution is 2.51. The Morgan fingerprint density at radius 2 is 0.818 bits per heavy atom. The molecule has 10 aromatic carbocycles. The molecular formula is C63H43NO2. The van der Waals surface area contributed by atoms with Crippen LogP contribution in [0.1, 0.15) is 25.0 Å². The number of fused-ring (bicyclic) bond motifs is 9. The Hall–Kier alpha value is -8.40. The summed E-state index contributed by atoms with van der Waals surface area (Å²) in [6, 6.07) is 80.9. The molecule has 0 aliphatic heterocycles. The van der Waals surface area contributed by atoms with Gasteiger partial charge in [-0.15, -0.1) is 0 Å². The zero-order valence-corrected chi connectivity index (χ0v) is 36.6. The van der Waals surface area contributed by atoms with Gasteiger partial charge in [-0.25, -0.2) is 0 Å². The Kier molecular flexibility index (Phi) is 8.56. The number of rotatable bonds is 7. The third-order valence-electron chi connectivity index (χ3n) is 13.9. The van der Waals surface area contributed by atoms with Crippen LogP contribution in [0.15, 0.2) is 233 Å². The van der Waals surface area contributed by atoms with Gasteiger partial charge in [0, 0.05) is 55.0 Å². The first-order chi connectivity index (χ1) is 32.5. The van der Waals surface area contributed by atoms with E-state index in [0.29, 0.717) is 0 Å². The van der Waals surface area contributed by atoms with Crippen molar-refractivity contribution in [2.24, 2.45) is 0 Å². The molecule has 312 valence electrons. The quantitative estimate of drug-likeness (QED) is 0.160. The normalized spacial score (nSPS) is 12.8. The van der Waals surface area contributed by atoms with Gasteiger partial charge in [-0.05, 0) is 98.6 Å². The number of benzene rings is 10. The smallest absolute Gasteiger partial charge is 0.143 e. The summed E-state index contributed by atoms with van der Waals surface area (Å²) in [6.07, 6.45) is 0. The van der Waals surface area contributed by atoms with Crippen molar-refractivity contribution < 1.29 is 8.83 Å². The molecule has 3 nitrogen and oxygen atoms in total. The summed E-state index contributed by atoms with van der Waals surface area (Å²) in [4.78, 5) is 2.40. The molecule has 0 fully saturated rings. The number of hydrogen-bond donors (Lipinski definition) is 0. The molecule has 0 saturated heterocycles. The molecule has 13 rings (SSSR count). The predicted octanol–water partition coefficient (Wildman–Crippen LogP) is 17.9. The fraction of sp³-hybridized carbons (Fsp3) is 0.0476. The van der Waals surface area contributed by atoms with E-state index in [2.05, 4.69) is 219 Å². The van der Waals surface area contributed by atoms with Gasteiger partial charge < -0.3 is 13.7 Å². The predicted molar refractivity (Wildman–Crippen MR) is 275 cm³/mol. The molecule has 0 radical (unpaired) electrons. The van der Waals surface area contributed by atoms with Gasteiger partial charge in [-0.1, -0.05) is 190 Å². The molecule has 0 N–H and O–H groups in total. The molecule has 12 aromatic rings. The van der Waals surface area contributed by atoms with Crippen LogP contribution in [0.4, 0.5) is 17.1 Å². The van der Waals surface area contributed by atoms with Crippen molar-refractivity contribution in [1.29, 1.82) is 0 Å². The summed E-state index contributed by atoms with van der Waals surface area (Å²) in [5.41, 5.74) is 21.0. The van der Waals surface area contributed by atoms with Crippen molar-refractivity contribution in [3.63, 3.8) is 0 Å². The maximum Gasteiger partial charge on any atom is 0.143 e. The van der Waals surface area contributed by atoms with Crippen molar-refractivity contribution in [2.45, 2.75) is 19.3 Å². The van der Waals surface area contributed by atoms with Gasteiger partial charge in [0.25, 0.3) is 0 Å². The third-order valence-corrected chi connectivity index (χ3v) is 13.9. The first-order valence-corrected chi connectivity index (χ1v) is 22.7. The van der Waals surface area contributed by atoms with E-state index >= 15 is 0 Å².